The maximum absolute atomic E-state index is 11.5. The standard InChI is InChI=1S/C13H20N6O/c1-8-16-11(5-12-17-18-13(20)19(8)12)15-7-10-4-2-3-9(10)6-14/h5,9-10,15H,2-4,6-7,14H2,1H3,(H,18,20). The lowest BCUT2D eigenvalue weighted by Gasteiger charge is -2.18. The lowest BCUT2D eigenvalue weighted by molar-refractivity contribution is 0.414. The van der Waals surface area contributed by atoms with Gasteiger partial charge >= 0.3 is 5.69 Å². The van der Waals surface area contributed by atoms with Gasteiger partial charge in [0.25, 0.3) is 0 Å². The number of anilines is 1. The summed E-state index contributed by atoms with van der Waals surface area (Å²) in [5.74, 6) is 2.61. The summed E-state index contributed by atoms with van der Waals surface area (Å²) in [7, 11) is 0. The lowest BCUT2D eigenvalue weighted by atomic mass is 9.96. The third kappa shape index (κ3) is 2.29. The molecule has 2 aromatic rings. The van der Waals surface area contributed by atoms with Crippen molar-refractivity contribution >= 4 is 11.5 Å². The zero-order valence-corrected chi connectivity index (χ0v) is 11.6. The smallest absolute Gasteiger partial charge is 0.349 e. The van der Waals surface area contributed by atoms with Gasteiger partial charge < -0.3 is 11.1 Å². The number of nitrogens with zero attached hydrogens (tertiary/aromatic N) is 3. The fraction of sp³-hybridized carbons (Fsp3) is 0.615. The van der Waals surface area contributed by atoms with Gasteiger partial charge in [-0.05, 0) is 38.1 Å². The van der Waals surface area contributed by atoms with Gasteiger partial charge in [0.1, 0.15) is 11.6 Å². The van der Waals surface area contributed by atoms with Crippen molar-refractivity contribution in [1.82, 2.24) is 19.6 Å². The van der Waals surface area contributed by atoms with Crippen LogP contribution in [0.4, 0.5) is 5.82 Å². The Balaban J connectivity index is 1.76. The van der Waals surface area contributed by atoms with Crippen LogP contribution in [-0.4, -0.2) is 32.7 Å². The molecule has 1 fully saturated rings. The quantitative estimate of drug-likeness (QED) is 0.755. The molecule has 2 heterocycles. The molecule has 0 radical (unpaired) electrons. The number of nitrogens with two attached hydrogens (primary N) is 1. The van der Waals surface area contributed by atoms with Crippen molar-refractivity contribution in [2.24, 2.45) is 17.6 Å². The molecule has 4 N–H and O–H groups in total. The molecule has 1 aliphatic rings. The predicted octanol–water partition coefficient (Wildman–Crippen LogP) is 0.513. The first kappa shape index (κ1) is 13.1. The Hall–Kier alpha value is -1.89. The minimum Gasteiger partial charge on any atom is -0.370 e. The molecule has 1 aliphatic carbocycles. The molecule has 108 valence electrons. The Morgan fingerprint density at radius 3 is 3.10 bits per heavy atom. The van der Waals surface area contributed by atoms with Gasteiger partial charge in [-0.2, -0.15) is 5.10 Å². The molecule has 0 amide bonds. The van der Waals surface area contributed by atoms with Crippen molar-refractivity contribution < 1.29 is 0 Å². The van der Waals surface area contributed by atoms with E-state index in [4.69, 9.17) is 5.73 Å². The van der Waals surface area contributed by atoms with E-state index in [9.17, 15) is 4.79 Å². The molecule has 2 unspecified atom stereocenters. The summed E-state index contributed by atoms with van der Waals surface area (Å²) in [5.41, 5.74) is 6.13. The largest absolute Gasteiger partial charge is 0.370 e. The van der Waals surface area contributed by atoms with Gasteiger partial charge in [-0.1, -0.05) is 6.42 Å². The molecular weight excluding hydrogens is 256 g/mol. The van der Waals surface area contributed by atoms with Crippen LogP contribution >= 0.6 is 0 Å². The molecular formula is C13H20N6O. The van der Waals surface area contributed by atoms with Crippen molar-refractivity contribution in [3.8, 4) is 0 Å². The van der Waals surface area contributed by atoms with Crippen LogP contribution in [0, 0.1) is 18.8 Å². The zero-order chi connectivity index (χ0) is 14.1. The molecule has 2 aromatic heterocycles. The van der Waals surface area contributed by atoms with E-state index in [1.807, 2.05) is 0 Å². The average molecular weight is 276 g/mol. The topological polar surface area (TPSA) is 101 Å². The summed E-state index contributed by atoms with van der Waals surface area (Å²) in [6.07, 6.45) is 3.70. The van der Waals surface area contributed by atoms with E-state index in [-0.39, 0.29) is 5.69 Å². The van der Waals surface area contributed by atoms with Crippen LogP contribution in [0.2, 0.25) is 0 Å². The number of H-pyrrole nitrogens is 1. The summed E-state index contributed by atoms with van der Waals surface area (Å²) in [6.45, 7) is 3.43. The van der Waals surface area contributed by atoms with Crippen molar-refractivity contribution in [1.29, 1.82) is 0 Å². The first-order chi connectivity index (χ1) is 9.69. The van der Waals surface area contributed by atoms with E-state index in [0.717, 1.165) is 18.9 Å². The van der Waals surface area contributed by atoms with Gasteiger partial charge in [-0.3, -0.25) is 0 Å². The molecule has 0 saturated heterocycles. The van der Waals surface area contributed by atoms with E-state index in [0.29, 0.717) is 23.3 Å². The normalized spacial score (nSPS) is 22.5. The Kier molecular flexibility index (Phi) is 3.43. The van der Waals surface area contributed by atoms with Crippen molar-refractivity contribution in [3.63, 3.8) is 0 Å². The van der Waals surface area contributed by atoms with Crippen molar-refractivity contribution in [2.45, 2.75) is 26.2 Å². The number of hydrogen-bond donors (Lipinski definition) is 3. The molecule has 0 aromatic carbocycles. The lowest BCUT2D eigenvalue weighted by Crippen LogP contribution is -2.25. The van der Waals surface area contributed by atoms with Crippen LogP contribution in [0.5, 0.6) is 0 Å². The van der Waals surface area contributed by atoms with Crippen LogP contribution in [0.3, 0.4) is 0 Å². The second-order valence-corrected chi connectivity index (χ2v) is 5.48. The number of aromatic nitrogens is 4. The fourth-order valence-corrected chi connectivity index (χ4v) is 3.12. The third-order valence-electron chi connectivity index (χ3n) is 4.23. The second kappa shape index (κ2) is 5.24. The van der Waals surface area contributed by atoms with Gasteiger partial charge in [-0.15, -0.1) is 0 Å². The van der Waals surface area contributed by atoms with E-state index >= 15 is 0 Å². The highest BCUT2D eigenvalue weighted by Crippen LogP contribution is 2.30. The SMILES string of the molecule is Cc1nc(NCC2CCCC2CN)cc2n[nH]c(=O)n12. The van der Waals surface area contributed by atoms with Crippen LogP contribution in [0.15, 0.2) is 10.9 Å². The monoisotopic (exact) mass is 276 g/mol. The minimum absolute atomic E-state index is 0.254. The summed E-state index contributed by atoms with van der Waals surface area (Å²) in [5, 5.41) is 9.76. The highest BCUT2D eigenvalue weighted by molar-refractivity contribution is 5.49. The highest BCUT2D eigenvalue weighted by Gasteiger charge is 2.25. The summed E-state index contributed by atoms with van der Waals surface area (Å²) in [6, 6.07) is 1.79. The Morgan fingerprint density at radius 2 is 2.30 bits per heavy atom. The third-order valence-corrected chi connectivity index (χ3v) is 4.23. The van der Waals surface area contributed by atoms with Crippen molar-refractivity contribution in [3.05, 3.63) is 22.4 Å². The first-order valence-electron chi connectivity index (χ1n) is 7.07. The molecule has 20 heavy (non-hydrogen) atoms. The Labute approximate surface area is 116 Å². The molecule has 0 spiro atoms. The number of aromatic amines is 1. The highest BCUT2D eigenvalue weighted by atomic mass is 16.1. The second-order valence-electron chi connectivity index (χ2n) is 5.48. The van der Waals surface area contributed by atoms with Crippen LogP contribution in [-0.2, 0) is 0 Å². The molecule has 0 bridgehead atoms. The summed E-state index contributed by atoms with van der Waals surface area (Å²) in [4.78, 5) is 15.9. The van der Waals surface area contributed by atoms with Crippen molar-refractivity contribution in [2.75, 3.05) is 18.4 Å². The van der Waals surface area contributed by atoms with Crippen LogP contribution < -0.4 is 16.7 Å². The molecule has 2 atom stereocenters. The van der Waals surface area contributed by atoms with Gasteiger partial charge in [0, 0.05) is 12.6 Å². The number of hydrogen-bond acceptors (Lipinski definition) is 5. The number of rotatable bonds is 4. The molecule has 1 saturated carbocycles. The number of aryl methyl sites for hydroxylation is 1. The summed E-state index contributed by atoms with van der Waals surface area (Å²) >= 11 is 0. The minimum atomic E-state index is -0.254. The molecule has 0 aliphatic heterocycles. The van der Waals surface area contributed by atoms with E-state index in [1.165, 1.54) is 23.7 Å². The Morgan fingerprint density at radius 1 is 1.50 bits per heavy atom. The van der Waals surface area contributed by atoms with Crippen LogP contribution in [0.1, 0.15) is 25.1 Å². The number of nitrogens with one attached hydrogen (secondary N) is 2. The molecule has 7 nitrogen and oxygen atoms in total. The zero-order valence-electron chi connectivity index (χ0n) is 11.6. The Bertz CT molecular complexity index is 660. The summed E-state index contributed by atoms with van der Waals surface area (Å²) < 4.78 is 1.46. The first-order valence-corrected chi connectivity index (χ1v) is 7.07. The van der Waals surface area contributed by atoms with Gasteiger partial charge in [-0.25, -0.2) is 19.3 Å². The van der Waals surface area contributed by atoms with Gasteiger partial charge in [0.05, 0.1) is 0 Å². The maximum Gasteiger partial charge on any atom is 0.349 e. The van der Waals surface area contributed by atoms with E-state index in [1.54, 1.807) is 13.0 Å². The fourth-order valence-electron chi connectivity index (χ4n) is 3.12. The maximum atomic E-state index is 11.5. The van der Waals surface area contributed by atoms with Gasteiger partial charge in [0.15, 0.2) is 5.65 Å². The average Bonchev–Trinajstić information content (AvgIpc) is 3.03. The van der Waals surface area contributed by atoms with E-state index < -0.39 is 0 Å². The number of fused-ring (bicyclic) bond motifs is 1. The molecule has 3 rings (SSSR count). The van der Waals surface area contributed by atoms with Gasteiger partial charge in [0.2, 0.25) is 0 Å². The van der Waals surface area contributed by atoms with Crippen LogP contribution in [0.25, 0.3) is 5.65 Å². The van der Waals surface area contributed by atoms with E-state index in [2.05, 4.69) is 20.5 Å². The predicted molar refractivity (Wildman–Crippen MR) is 76.7 cm³/mol. The molecule has 7 heteroatoms.